The van der Waals surface area contributed by atoms with Crippen molar-refractivity contribution in [3.63, 3.8) is 0 Å². The molecule has 0 unspecified atom stereocenters. The van der Waals surface area contributed by atoms with Crippen molar-refractivity contribution in [1.29, 1.82) is 0 Å². The quantitative estimate of drug-likeness (QED) is 0.346. The minimum absolute atomic E-state index is 0.0277. The largest absolute Gasteiger partial charge is 0.396 e. The van der Waals surface area contributed by atoms with Crippen molar-refractivity contribution in [2.45, 2.75) is 94.9 Å². The van der Waals surface area contributed by atoms with Crippen LogP contribution in [0.15, 0.2) is 0 Å². The van der Waals surface area contributed by atoms with Crippen molar-refractivity contribution in [1.82, 2.24) is 0 Å². The van der Waals surface area contributed by atoms with Crippen molar-refractivity contribution in [2.75, 3.05) is 20.0 Å². The summed E-state index contributed by atoms with van der Waals surface area (Å²) < 4.78 is 23.5. The van der Waals surface area contributed by atoms with E-state index in [1.54, 1.807) is 0 Å². The van der Waals surface area contributed by atoms with Gasteiger partial charge >= 0.3 is 0 Å². The summed E-state index contributed by atoms with van der Waals surface area (Å²) in [6.07, 6.45) is 1.51. The van der Waals surface area contributed by atoms with Crippen LogP contribution >= 0.6 is 0 Å². The van der Waals surface area contributed by atoms with Crippen LogP contribution in [-0.4, -0.2) is 74.9 Å². The maximum atomic E-state index is 10.3. The average molecular weight is 377 g/mol. The minimum Gasteiger partial charge on any atom is -0.396 e. The zero-order valence-electron chi connectivity index (χ0n) is 16.1. The lowest BCUT2D eigenvalue weighted by atomic mass is 9.88. The highest BCUT2D eigenvalue weighted by molar-refractivity contribution is 6.76. The predicted molar refractivity (Wildman–Crippen MR) is 98.4 cm³/mol. The van der Waals surface area contributed by atoms with Gasteiger partial charge < -0.3 is 29.2 Å². The van der Waals surface area contributed by atoms with Gasteiger partial charge in [0.1, 0.15) is 6.79 Å². The fourth-order valence-corrected chi connectivity index (χ4v) is 4.13. The number of rotatable bonds is 10. The second-order valence-electron chi connectivity index (χ2n) is 8.43. The van der Waals surface area contributed by atoms with E-state index in [2.05, 4.69) is 26.6 Å². The Labute approximate surface area is 152 Å². The molecule has 0 aromatic heterocycles. The Balaban J connectivity index is 1.83. The molecule has 3 heterocycles. The van der Waals surface area contributed by atoms with Crippen LogP contribution in [-0.2, 0) is 18.9 Å². The molecule has 7 heteroatoms. The maximum absolute atomic E-state index is 10.3. The van der Waals surface area contributed by atoms with Gasteiger partial charge in [-0.3, -0.25) is 0 Å². The number of aliphatic hydroxyl groups is 2. The van der Waals surface area contributed by atoms with E-state index in [-0.39, 0.29) is 43.9 Å². The topological polar surface area (TPSA) is 77.4 Å². The summed E-state index contributed by atoms with van der Waals surface area (Å²) in [7, 11) is -1.09. The molecule has 3 rings (SSSR count). The zero-order chi connectivity index (χ0) is 18.4. The van der Waals surface area contributed by atoms with Gasteiger partial charge in [0.15, 0.2) is 0 Å². The number of hydrogen-bond donors (Lipinski definition) is 2. The first kappa shape index (κ1) is 21.3. The number of hydrogen-bond acceptors (Lipinski definition) is 6. The van der Waals surface area contributed by atoms with E-state index < -0.39 is 14.2 Å². The Bertz CT molecular complexity index is 382. The first-order valence-corrected chi connectivity index (χ1v) is 13.3. The van der Waals surface area contributed by atoms with E-state index in [9.17, 15) is 10.2 Å². The van der Waals surface area contributed by atoms with E-state index in [0.29, 0.717) is 12.8 Å². The summed E-state index contributed by atoms with van der Waals surface area (Å²) in [5.74, 6) is 0. The lowest BCUT2D eigenvalue weighted by Crippen LogP contribution is -2.57. The molecule has 0 radical (unpaired) electrons. The molecule has 0 saturated carbocycles. The van der Waals surface area contributed by atoms with Gasteiger partial charge in [0.25, 0.3) is 0 Å². The standard InChI is InChI=1S/C18H36O6Si/c1-5-14(22-12-21-8-9-25(2,3)4)17-10-13(20)16-11-18(24-16)15(23-17)6-7-19/h13-20H,5-12H2,1-4H3/t13-,14-,15+,16-,17-,18+/m1/s1. The van der Waals surface area contributed by atoms with Gasteiger partial charge in [-0.05, 0) is 18.9 Å². The van der Waals surface area contributed by atoms with Crippen LogP contribution < -0.4 is 0 Å². The second-order valence-corrected chi connectivity index (χ2v) is 14.0. The molecular weight excluding hydrogens is 340 g/mol. The molecule has 25 heavy (non-hydrogen) atoms. The molecule has 0 aromatic carbocycles. The SMILES string of the molecule is CC[C@@H](OCOCC[Si](C)(C)C)[C@H]1C[C@@H](O)[C@H]2C[C@H](O2)[C@H](CCO)O1. The number of aliphatic hydroxyl groups excluding tert-OH is 2. The van der Waals surface area contributed by atoms with Crippen molar-refractivity contribution in [3.05, 3.63) is 0 Å². The van der Waals surface area contributed by atoms with E-state index in [1.165, 1.54) is 0 Å². The summed E-state index contributed by atoms with van der Waals surface area (Å²) in [6.45, 7) is 10.1. The molecule has 3 aliphatic heterocycles. The fraction of sp³-hybridized carbons (Fsp3) is 1.00. The molecule has 3 fully saturated rings. The summed E-state index contributed by atoms with van der Waals surface area (Å²) in [4.78, 5) is 0. The summed E-state index contributed by atoms with van der Waals surface area (Å²) in [6, 6.07) is 1.12. The van der Waals surface area contributed by atoms with Gasteiger partial charge in [0, 0.05) is 34.1 Å². The minimum atomic E-state index is -1.09. The Kier molecular flexibility index (Phi) is 8.32. The summed E-state index contributed by atoms with van der Waals surface area (Å²) in [5, 5.41) is 19.6. The fourth-order valence-electron chi connectivity index (χ4n) is 3.37. The summed E-state index contributed by atoms with van der Waals surface area (Å²) in [5.41, 5.74) is 0. The molecule has 148 valence electrons. The third-order valence-corrected chi connectivity index (χ3v) is 6.78. The normalized spacial score (nSPS) is 34.1. The van der Waals surface area contributed by atoms with Crippen molar-refractivity contribution >= 4 is 8.07 Å². The Morgan fingerprint density at radius 1 is 1.16 bits per heavy atom. The van der Waals surface area contributed by atoms with Crippen LogP contribution in [0, 0.1) is 0 Å². The molecule has 0 aromatic rings. The molecule has 0 spiro atoms. The zero-order valence-corrected chi connectivity index (χ0v) is 17.1. The van der Waals surface area contributed by atoms with Crippen LogP contribution in [0.25, 0.3) is 0 Å². The average Bonchev–Trinajstić information content (AvgIpc) is 2.46. The molecule has 0 aliphatic carbocycles. The van der Waals surface area contributed by atoms with Crippen LogP contribution in [0.3, 0.4) is 0 Å². The first-order valence-electron chi connectivity index (χ1n) is 9.63. The van der Waals surface area contributed by atoms with Gasteiger partial charge in [-0.15, -0.1) is 0 Å². The molecule has 6 nitrogen and oxygen atoms in total. The van der Waals surface area contributed by atoms with Crippen LogP contribution in [0.1, 0.15) is 32.6 Å². The van der Waals surface area contributed by atoms with Crippen molar-refractivity contribution in [3.8, 4) is 0 Å². The van der Waals surface area contributed by atoms with E-state index in [0.717, 1.165) is 25.5 Å². The van der Waals surface area contributed by atoms with Crippen LogP contribution in [0.2, 0.25) is 25.7 Å². The molecular formula is C18H36O6Si. The maximum Gasteiger partial charge on any atom is 0.147 e. The predicted octanol–water partition coefficient (Wildman–Crippen LogP) is 2.15. The monoisotopic (exact) mass is 376 g/mol. The van der Waals surface area contributed by atoms with Gasteiger partial charge in [0.2, 0.25) is 0 Å². The Morgan fingerprint density at radius 3 is 2.48 bits per heavy atom. The Morgan fingerprint density at radius 2 is 1.88 bits per heavy atom. The molecule has 3 saturated heterocycles. The number of fused-ring (bicyclic) bond motifs is 4. The molecule has 6 atom stereocenters. The lowest BCUT2D eigenvalue weighted by molar-refractivity contribution is -0.266. The van der Waals surface area contributed by atoms with Gasteiger partial charge in [0.05, 0.1) is 36.6 Å². The lowest BCUT2D eigenvalue weighted by Gasteiger charge is -2.47. The third kappa shape index (κ3) is 6.57. The summed E-state index contributed by atoms with van der Waals surface area (Å²) >= 11 is 0. The Hall–Kier alpha value is -0.0231. The smallest absolute Gasteiger partial charge is 0.147 e. The van der Waals surface area contributed by atoms with Gasteiger partial charge in [-0.1, -0.05) is 26.6 Å². The van der Waals surface area contributed by atoms with Crippen LogP contribution in [0.4, 0.5) is 0 Å². The molecule has 2 bridgehead atoms. The highest BCUT2D eigenvalue weighted by Crippen LogP contribution is 2.35. The van der Waals surface area contributed by atoms with E-state index in [4.69, 9.17) is 18.9 Å². The second kappa shape index (κ2) is 9.78. The van der Waals surface area contributed by atoms with Crippen molar-refractivity contribution in [2.24, 2.45) is 0 Å². The molecule has 2 N–H and O–H groups in total. The van der Waals surface area contributed by atoms with Crippen LogP contribution in [0.5, 0.6) is 0 Å². The van der Waals surface area contributed by atoms with Gasteiger partial charge in [-0.2, -0.15) is 0 Å². The first-order chi connectivity index (χ1) is 11.8. The number of ether oxygens (including phenoxy) is 4. The third-order valence-electron chi connectivity index (χ3n) is 5.07. The molecule has 0 amide bonds. The van der Waals surface area contributed by atoms with Crippen molar-refractivity contribution < 1.29 is 29.2 Å². The van der Waals surface area contributed by atoms with E-state index in [1.807, 2.05) is 0 Å². The highest BCUT2D eigenvalue weighted by Gasteiger charge is 2.45. The highest BCUT2D eigenvalue weighted by atomic mass is 28.3. The van der Waals surface area contributed by atoms with Gasteiger partial charge in [-0.25, -0.2) is 0 Å². The van der Waals surface area contributed by atoms with E-state index >= 15 is 0 Å². The molecule has 3 aliphatic rings.